The van der Waals surface area contributed by atoms with Gasteiger partial charge in [-0.15, -0.1) is 0 Å². The normalized spacial score (nSPS) is 38.0. The molecule has 0 aliphatic carbocycles. The van der Waals surface area contributed by atoms with Crippen molar-refractivity contribution in [2.45, 2.75) is 55.4 Å². The highest BCUT2D eigenvalue weighted by molar-refractivity contribution is 5.90. The highest BCUT2D eigenvalue weighted by atomic mass is 16.8. The van der Waals surface area contributed by atoms with Crippen LogP contribution in [0.2, 0.25) is 0 Å². The van der Waals surface area contributed by atoms with Gasteiger partial charge < -0.3 is 54.7 Å². The minimum Gasteiger partial charge on any atom is -0.481 e. The van der Waals surface area contributed by atoms with Crippen LogP contribution >= 0.6 is 0 Å². The topological polar surface area (TPSA) is 230 Å². The second kappa shape index (κ2) is 9.86. The number of hydrogen-bond acceptors (Lipinski definition) is 12. The third-order valence-corrected chi connectivity index (χ3v) is 5.05. The molecule has 0 aromatic rings. The van der Waals surface area contributed by atoms with E-state index in [-0.39, 0.29) is 0 Å². The second-order valence-electron chi connectivity index (χ2n) is 7.08. The molecule has 0 bridgehead atoms. The Hall–Kier alpha value is -2.33. The molecular weight excluding hydrogens is 428 g/mol. The predicted octanol–water partition coefficient (Wildman–Crippen LogP) is -3.49. The van der Waals surface area contributed by atoms with Gasteiger partial charge in [0.1, 0.15) is 30.0 Å². The fourth-order valence-electron chi connectivity index (χ4n) is 3.44. The summed E-state index contributed by atoms with van der Waals surface area (Å²) in [6.07, 6.45) is -12.0. The highest BCUT2D eigenvalue weighted by Gasteiger charge is 2.56. The van der Waals surface area contributed by atoms with Gasteiger partial charge in [0.2, 0.25) is 6.29 Å². The number of aliphatic carboxylic acids is 2. The van der Waals surface area contributed by atoms with Crippen LogP contribution in [0.5, 0.6) is 0 Å². The summed E-state index contributed by atoms with van der Waals surface area (Å²) in [5, 5.41) is 68.7. The van der Waals surface area contributed by atoms with Crippen LogP contribution in [-0.4, -0.2) is 110 Å². The van der Waals surface area contributed by atoms with Crippen molar-refractivity contribution in [2.75, 3.05) is 13.7 Å². The van der Waals surface area contributed by atoms with Crippen LogP contribution in [0.15, 0.2) is 11.8 Å². The zero-order chi connectivity index (χ0) is 23.5. The molecular formula is C17H24O14. The van der Waals surface area contributed by atoms with Crippen LogP contribution in [-0.2, 0) is 33.3 Å². The molecule has 14 nitrogen and oxygen atoms in total. The lowest BCUT2D eigenvalue weighted by Gasteiger charge is -2.46. The van der Waals surface area contributed by atoms with Crippen molar-refractivity contribution in [3.8, 4) is 0 Å². The summed E-state index contributed by atoms with van der Waals surface area (Å²) in [7, 11) is 0.980. The standard InChI is InChI=1S/C17H24O14/c1-28-14(26)6-5-29-16(17(27,3-10(21)22)7(6)2-9(19)20)31-15-13(25)12(24)11(23)8(4-18)30-15/h5,7-8,11-13,15-16,18,23-25,27H,2-4H2,1H3,(H,19,20)(H,21,22)/t7-,8+,11+,12-,13+,15-,16+,17-/m1/s1. The van der Waals surface area contributed by atoms with Gasteiger partial charge in [-0.2, -0.15) is 0 Å². The monoisotopic (exact) mass is 452 g/mol. The summed E-state index contributed by atoms with van der Waals surface area (Å²) >= 11 is 0. The molecule has 1 fully saturated rings. The first-order valence-corrected chi connectivity index (χ1v) is 9.02. The highest BCUT2D eigenvalue weighted by Crippen LogP contribution is 2.41. The quantitative estimate of drug-likeness (QED) is 0.177. The van der Waals surface area contributed by atoms with Crippen molar-refractivity contribution in [1.29, 1.82) is 0 Å². The number of rotatable bonds is 8. The maximum Gasteiger partial charge on any atom is 0.337 e. The molecule has 0 radical (unpaired) electrons. The number of aliphatic hydroxyl groups excluding tert-OH is 4. The Morgan fingerprint density at radius 3 is 2.26 bits per heavy atom. The van der Waals surface area contributed by atoms with E-state index in [9.17, 15) is 50.1 Å². The Morgan fingerprint density at radius 1 is 1.10 bits per heavy atom. The summed E-state index contributed by atoms with van der Waals surface area (Å²) in [6, 6.07) is 0. The molecule has 0 spiro atoms. The van der Waals surface area contributed by atoms with Crippen molar-refractivity contribution in [2.24, 2.45) is 5.92 Å². The maximum atomic E-state index is 12.0. The lowest BCUT2D eigenvalue weighted by Crippen LogP contribution is -2.63. The molecule has 2 heterocycles. The first-order valence-electron chi connectivity index (χ1n) is 9.02. The van der Waals surface area contributed by atoms with Gasteiger partial charge in [0.05, 0.1) is 38.4 Å². The summed E-state index contributed by atoms with van der Waals surface area (Å²) in [4.78, 5) is 34.8. The first-order chi connectivity index (χ1) is 14.5. The molecule has 31 heavy (non-hydrogen) atoms. The molecule has 0 aromatic heterocycles. The lowest BCUT2D eigenvalue weighted by molar-refractivity contribution is -0.359. The predicted molar refractivity (Wildman–Crippen MR) is 92.8 cm³/mol. The fraction of sp³-hybridized carbons (Fsp3) is 0.706. The number of methoxy groups -OCH3 is 1. The van der Waals surface area contributed by atoms with E-state index in [1.807, 2.05) is 0 Å². The van der Waals surface area contributed by atoms with Crippen molar-refractivity contribution in [1.82, 2.24) is 0 Å². The van der Waals surface area contributed by atoms with Gasteiger partial charge in [0.15, 0.2) is 6.29 Å². The van der Waals surface area contributed by atoms with Gasteiger partial charge in [-0.1, -0.05) is 0 Å². The van der Waals surface area contributed by atoms with Crippen LogP contribution in [0.25, 0.3) is 0 Å². The zero-order valence-electron chi connectivity index (χ0n) is 16.2. The van der Waals surface area contributed by atoms with Crippen molar-refractivity contribution < 1.29 is 69.1 Å². The first kappa shape index (κ1) is 24.9. The summed E-state index contributed by atoms with van der Waals surface area (Å²) in [5.74, 6) is -5.84. The van der Waals surface area contributed by atoms with Crippen LogP contribution in [0.4, 0.5) is 0 Å². The minimum atomic E-state index is -2.67. The Labute approximate surface area is 174 Å². The molecule has 2 aliphatic heterocycles. The fourth-order valence-corrected chi connectivity index (χ4v) is 3.44. The van der Waals surface area contributed by atoms with Crippen LogP contribution < -0.4 is 0 Å². The lowest BCUT2D eigenvalue weighted by atomic mass is 9.75. The van der Waals surface area contributed by atoms with E-state index < -0.39 is 91.4 Å². The molecule has 8 atom stereocenters. The molecule has 0 unspecified atom stereocenters. The molecule has 0 saturated carbocycles. The van der Waals surface area contributed by atoms with Gasteiger partial charge in [-0.05, 0) is 0 Å². The number of esters is 1. The van der Waals surface area contributed by atoms with Crippen molar-refractivity contribution in [3.05, 3.63) is 11.8 Å². The number of carboxylic acid groups (broad SMARTS) is 2. The number of ether oxygens (including phenoxy) is 4. The second-order valence-corrected chi connectivity index (χ2v) is 7.08. The van der Waals surface area contributed by atoms with Gasteiger partial charge in [-0.3, -0.25) is 9.59 Å². The largest absolute Gasteiger partial charge is 0.481 e. The van der Waals surface area contributed by atoms with Gasteiger partial charge in [0, 0.05) is 5.92 Å². The average Bonchev–Trinajstić information content (AvgIpc) is 2.70. The van der Waals surface area contributed by atoms with Crippen molar-refractivity contribution in [3.63, 3.8) is 0 Å². The smallest absolute Gasteiger partial charge is 0.337 e. The number of carboxylic acids is 2. The summed E-state index contributed by atoms with van der Waals surface area (Å²) in [6.45, 7) is -0.788. The van der Waals surface area contributed by atoms with E-state index in [2.05, 4.69) is 4.74 Å². The van der Waals surface area contributed by atoms with E-state index in [1.54, 1.807) is 0 Å². The van der Waals surface area contributed by atoms with E-state index in [0.29, 0.717) is 0 Å². The molecule has 176 valence electrons. The Morgan fingerprint density at radius 2 is 1.74 bits per heavy atom. The zero-order valence-corrected chi connectivity index (χ0v) is 16.2. The molecule has 2 rings (SSSR count). The van der Waals surface area contributed by atoms with Crippen molar-refractivity contribution >= 4 is 17.9 Å². The van der Waals surface area contributed by atoms with E-state index in [1.165, 1.54) is 0 Å². The van der Waals surface area contributed by atoms with E-state index in [0.717, 1.165) is 13.4 Å². The molecule has 7 N–H and O–H groups in total. The minimum absolute atomic E-state index is 0.470. The number of carbonyl (C=O) groups is 3. The number of carbonyl (C=O) groups excluding carboxylic acids is 1. The maximum absolute atomic E-state index is 12.0. The van der Waals surface area contributed by atoms with E-state index >= 15 is 0 Å². The van der Waals surface area contributed by atoms with Crippen LogP contribution in [0.3, 0.4) is 0 Å². The molecule has 0 aromatic carbocycles. The molecule has 2 aliphatic rings. The summed E-state index contributed by atoms with van der Waals surface area (Å²) < 4.78 is 20.1. The van der Waals surface area contributed by atoms with Crippen LogP contribution in [0.1, 0.15) is 12.8 Å². The summed E-state index contributed by atoms with van der Waals surface area (Å²) in [5.41, 5.74) is -3.14. The number of hydrogen-bond donors (Lipinski definition) is 7. The molecule has 14 heteroatoms. The SMILES string of the molecule is COC(=O)C1=CO[C@@H](O[C@H]2O[C@@H](CO)[C@H](O)[C@@H](O)[C@@H]2O)[C@@](O)(CC(=O)O)[C@@H]1CC(=O)O. The Balaban J connectivity index is 2.42. The van der Waals surface area contributed by atoms with Gasteiger partial charge in [-0.25, -0.2) is 4.79 Å². The average molecular weight is 452 g/mol. The Bertz CT molecular complexity index is 720. The third kappa shape index (κ3) is 5.12. The van der Waals surface area contributed by atoms with Gasteiger partial charge in [0.25, 0.3) is 0 Å². The third-order valence-electron chi connectivity index (χ3n) is 5.05. The Kier molecular flexibility index (Phi) is 7.93. The van der Waals surface area contributed by atoms with E-state index in [4.69, 9.17) is 14.2 Å². The number of aliphatic hydroxyl groups is 5. The molecule has 1 saturated heterocycles. The van der Waals surface area contributed by atoms with Crippen LogP contribution in [0, 0.1) is 5.92 Å². The van der Waals surface area contributed by atoms with Gasteiger partial charge >= 0.3 is 17.9 Å². The molecule has 0 amide bonds.